The maximum Gasteiger partial charge on any atom is 0.407 e. The first kappa shape index (κ1) is 31.7. The number of fused-ring (bicyclic) bond motifs is 2. The van der Waals surface area contributed by atoms with E-state index in [-0.39, 0.29) is 47.9 Å². The van der Waals surface area contributed by atoms with Gasteiger partial charge in [-0.2, -0.15) is 0 Å². The first-order valence-electron chi connectivity index (χ1n) is 16.7. The van der Waals surface area contributed by atoms with Gasteiger partial charge < -0.3 is 29.7 Å². The van der Waals surface area contributed by atoms with Crippen LogP contribution in [-0.2, 0) is 23.8 Å². The second kappa shape index (κ2) is 13.2. The van der Waals surface area contributed by atoms with Crippen molar-refractivity contribution in [3.63, 3.8) is 0 Å². The normalized spacial score (nSPS) is 36.2. The summed E-state index contributed by atoms with van der Waals surface area (Å²) in [6.07, 6.45) is 4.91. The van der Waals surface area contributed by atoms with E-state index in [2.05, 4.69) is 25.3 Å². The van der Waals surface area contributed by atoms with Crippen molar-refractivity contribution in [1.29, 1.82) is 0 Å². The number of morpholine rings is 2. The van der Waals surface area contributed by atoms with Crippen molar-refractivity contribution in [2.75, 3.05) is 52.5 Å². The molecule has 0 aromatic rings. The van der Waals surface area contributed by atoms with E-state index in [1.54, 1.807) is 6.20 Å². The molecule has 6 rings (SSSR count). The van der Waals surface area contributed by atoms with Crippen LogP contribution in [0.2, 0.25) is 0 Å². The lowest BCUT2D eigenvalue weighted by Crippen LogP contribution is -2.73. The Morgan fingerprint density at radius 3 is 2.64 bits per heavy atom. The molecule has 246 valence electrons. The first-order valence-corrected chi connectivity index (χ1v) is 16.7. The molecule has 3 saturated heterocycles. The van der Waals surface area contributed by atoms with Crippen LogP contribution in [0, 0.1) is 5.92 Å². The molecule has 4 aliphatic heterocycles. The van der Waals surface area contributed by atoms with Crippen LogP contribution in [0.3, 0.4) is 0 Å². The average molecular weight is 620 g/mol. The molecule has 2 amide bonds. The fourth-order valence-corrected chi connectivity index (χ4v) is 8.23. The van der Waals surface area contributed by atoms with Gasteiger partial charge in [0.25, 0.3) is 5.91 Å². The molecular formula is C32H50FN5O6. The summed E-state index contributed by atoms with van der Waals surface area (Å²) in [4.78, 5) is 46.3. The number of alkyl carbamates (subject to hydrolysis) is 1. The molecule has 0 aromatic heterocycles. The van der Waals surface area contributed by atoms with Crippen LogP contribution in [0.5, 0.6) is 0 Å². The van der Waals surface area contributed by atoms with Crippen LogP contribution >= 0.6 is 0 Å². The zero-order valence-electron chi connectivity index (χ0n) is 26.5. The lowest BCUT2D eigenvalue weighted by molar-refractivity contribution is -0.209. The van der Waals surface area contributed by atoms with Gasteiger partial charge >= 0.3 is 6.09 Å². The molecule has 0 radical (unpaired) electrons. The highest BCUT2D eigenvalue weighted by Crippen LogP contribution is 2.47. The zero-order chi connectivity index (χ0) is 31.0. The SMILES string of the molecule is CC(C)(C)OC(=O)NC1CCN(C2C(F)CC3C(=O)C(C(=O)NCCCN4CCOCC4)=CN4C5CCCCC5OC2C34)C1. The second-order valence-corrected chi connectivity index (χ2v) is 14.4. The number of rotatable bonds is 7. The number of nitrogens with zero attached hydrogens (tertiary/aromatic N) is 3. The summed E-state index contributed by atoms with van der Waals surface area (Å²) in [7, 11) is 0. The quantitative estimate of drug-likeness (QED) is 0.327. The molecule has 0 bridgehead atoms. The predicted octanol–water partition coefficient (Wildman–Crippen LogP) is 2.00. The Bertz CT molecular complexity index is 1110. The summed E-state index contributed by atoms with van der Waals surface area (Å²) >= 11 is 0. The van der Waals surface area contributed by atoms with Crippen molar-refractivity contribution in [3.05, 3.63) is 11.8 Å². The van der Waals surface area contributed by atoms with Crippen LogP contribution in [-0.4, -0.2) is 133 Å². The van der Waals surface area contributed by atoms with Crippen molar-refractivity contribution in [1.82, 2.24) is 25.3 Å². The van der Waals surface area contributed by atoms with Crippen LogP contribution in [0.15, 0.2) is 11.8 Å². The third-order valence-electron chi connectivity index (χ3n) is 10.2. The summed E-state index contributed by atoms with van der Waals surface area (Å²) in [6, 6.07) is -0.913. The van der Waals surface area contributed by atoms with Gasteiger partial charge in [0.1, 0.15) is 11.8 Å². The smallest absolute Gasteiger partial charge is 0.407 e. The highest BCUT2D eigenvalue weighted by molar-refractivity contribution is 6.20. The summed E-state index contributed by atoms with van der Waals surface area (Å²) in [6.45, 7) is 11.2. The highest BCUT2D eigenvalue weighted by Gasteiger charge is 2.60. The van der Waals surface area contributed by atoms with Crippen LogP contribution in [0.25, 0.3) is 0 Å². The molecule has 0 aromatic carbocycles. The largest absolute Gasteiger partial charge is 0.444 e. The Labute approximate surface area is 260 Å². The van der Waals surface area contributed by atoms with Crippen LogP contribution < -0.4 is 10.6 Å². The zero-order valence-corrected chi connectivity index (χ0v) is 26.5. The summed E-state index contributed by atoms with van der Waals surface area (Å²) in [5.41, 5.74) is -0.448. The molecule has 2 N–H and O–H groups in total. The lowest BCUT2D eigenvalue weighted by atomic mass is 9.69. The molecule has 0 spiro atoms. The highest BCUT2D eigenvalue weighted by atomic mass is 19.1. The number of alkyl halides is 1. The van der Waals surface area contributed by atoms with E-state index in [1.807, 2.05) is 20.8 Å². The summed E-state index contributed by atoms with van der Waals surface area (Å²) in [5.74, 6) is -1.27. The van der Waals surface area contributed by atoms with Crippen molar-refractivity contribution < 1.29 is 33.0 Å². The molecule has 8 unspecified atom stereocenters. The lowest BCUT2D eigenvalue weighted by Gasteiger charge is -2.60. The van der Waals surface area contributed by atoms with E-state index in [9.17, 15) is 14.4 Å². The molecule has 44 heavy (non-hydrogen) atoms. The number of ketones is 1. The van der Waals surface area contributed by atoms with Gasteiger partial charge in [0.15, 0.2) is 5.78 Å². The fraction of sp³-hybridized carbons (Fsp3) is 0.844. The van der Waals surface area contributed by atoms with E-state index >= 15 is 4.39 Å². The molecule has 12 heteroatoms. The van der Waals surface area contributed by atoms with Gasteiger partial charge in [0.2, 0.25) is 0 Å². The number of hydrogen-bond acceptors (Lipinski definition) is 9. The molecule has 2 aliphatic carbocycles. The van der Waals surface area contributed by atoms with Crippen molar-refractivity contribution >= 4 is 17.8 Å². The number of ether oxygens (including phenoxy) is 3. The minimum absolute atomic E-state index is 0.0597. The van der Waals surface area contributed by atoms with Crippen LogP contribution in [0.4, 0.5) is 9.18 Å². The fourth-order valence-electron chi connectivity index (χ4n) is 8.23. The van der Waals surface area contributed by atoms with E-state index in [0.29, 0.717) is 26.1 Å². The minimum Gasteiger partial charge on any atom is -0.444 e. The van der Waals surface area contributed by atoms with Crippen molar-refractivity contribution in [2.24, 2.45) is 5.92 Å². The van der Waals surface area contributed by atoms with E-state index in [1.165, 1.54) is 0 Å². The number of hydrogen-bond donors (Lipinski definition) is 2. The van der Waals surface area contributed by atoms with Gasteiger partial charge in [0.05, 0.1) is 49.1 Å². The van der Waals surface area contributed by atoms with E-state index in [0.717, 1.165) is 65.0 Å². The number of Topliss-reactive ketones (excluding diaryl/α,β-unsaturated/α-hetero) is 1. The molecule has 5 fully saturated rings. The Kier molecular flexibility index (Phi) is 9.52. The second-order valence-electron chi connectivity index (χ2n) is 14.4. The molecule has 8 atom stereocenters. The Balaban J connectivity index is 1.16. The number of halogens is 1. The standard InChI is InChI=1S/C32H50FN5O6/c1-32(2,3)44-31(41)35-20-9-12-37(18-20)27-23(33)17-21-26-29(27)43-25-8-5-4-7-24(25)38(26)19-22(28(21)39)30(40)34-10-6-11-36-13-15-42-16-14-36/h19-21,23-27,29H,4-18H2,1-3H3,(H,34,40)(H,35,41). The molecule has 2 saturated carbocycles. The van der Waals surface area contributed by atoms with Gasteiger partial charge in [0, 0.05) is 50.9 Å². The number of amides is 2. The third-order valence-corrected chi connectivity index (χ3v) is 10.2. The molecular weight excluding hydrogens is 569 g/mol. The van der Waals surface area contributed by atoms with Gasteiger partial charge in [-0.05, 0) is 59.4 Å². The summed E-state index contributed by atoms with van der Waals surface area (Å²) < 4.78 is 33.9. The monoisotopic (exact) mass is 619 g/mol. The number of carbonyl (C=O) groups excluding carboxylic acids is 3. The maximum atomic E-state index is 16.3. The van der Waals surface area contributed by atoms with Crippen LogP contribution in [0.1, 0.15) is 65.7 Å². The maximum absolute atomic E-state index is 16.3. The van der Waals surface area contributed by atoms with E-state index < -0.39 is 35.9 Å². The topological polar surface area (TPSA) is 113 Å². The van der Waals surface area contributed by atoms with Gasteiger partial charge in [-0.1, -0.05) is 12.8 Å². The van der Waals surface area contributed by atoms with Gasteiger partial charge in [-0.15, -0.1) is 0 Å². The third kappa shape index (κ3) is 6.78. The van der Waals surface area contributed by atoms with Crippen molar-refractivity contribution in [2.45, 2.75) is 114 Å². The molecule has 11 nitrogen and oxygen atoms in total. The average Bonchev–Trinajstić information content (AvgIpc) is 3.43. The predicted molar refractivity (Wildman–Crippen MR) is 161 cm³/mol. The Hall–Kier alpha value is -2.28. The molecule has 4 heterocycles. The number of carbonyl (C=O) groups is 3. The minimum atomic E-state index is -1.29. The number of nitrogens with one attached hydrogen (secondary N) is 2. The number of likely N-dealkylation sites (tertiary alicyclic amines) is 1. The van der Waals surface area contributed by atoms with Gasteiger partial charge in [-0.25, -0.2) is 9.18 Å². The van der Waals surface area contributed by atoms with Crippen molar-refractivity contribution in [3.8, 4) is 0 Å². The van der Waals surface area contributed by atoms with Gasteiger partial charge in [-0.3, -0.25) is 19.4 Å². The Morgan fingerprint density at radius 1 is 1.09 bits per heavy atom. The first-order chi connectivity index (χ1) is 21.1. The van der Waals surface area contributed by atoms with E-state index in [4.69, 9.17) is 14.2 Å². The summed E-state index contributed by atoms with van der Waals surface area (Å²) in [5, 5.41) is 5.92. The Morgan fingerprint density at radius 2 is 1.86 bits per heavy atom. The molecule has 6 aliphatic rings.